The average molecular weight is 262 g/mol. The Hall–Kier alpha value is -2.43. The Balaban J connectivity index is 2.25. The molecule has 98 valence electrons. The van der Waals surface area contributed by atoms with Crippen molar-refractivity contribution in [1.29, 1.82) is 0 Å². The second-order valence-corrected chi connectivity index (χ2v) is 4.21. The molecule has 2 rings (SSSR count). The first kappa shape index (κ1) is 13.0. The Kier molecular flexibility index (Phi) is 3.46. The highest BCUT2D eigenvalue weighted by atomic mass is 19.1. The van der Waals surface area contributed by atoms with Crippen molar-refractivity contribution in [3.63, 3.8) is 0 Å². The lowest BCUT2D eigenvalue weighted by atomic mass is 10.1. The third-order valence-electron chi connectivity index (χ3n) is 2.54. The zero-order valence-corrected chi connectivity index (χ0v) is 10.2. The number of benzene rings is 2. The minimum absolute atomic E-state index is 0.142. The predicted molar refractivity (Wildman–Crippen MR) is 69.9 cm³/mol. The Morgan fingerprint density at radius 1 is 1.16 bits per heavy atom. The van der Waals surface area contributed by atoms with Gasteiger partial charge in [-0.1, -0.05) is 0 Å². The molecule has 0 aliphatic rings. The first-order valence-electron chi connectivity index (χ1n) is 5.59. The van der Waals surface area contributed by atoms with Gasteiger partial charge in [0.1, 0.15) is 11.6 Å². The van der Waals surface area contributed by atoms with E-state index in [1.165, 1.54) is 24.3 Å². The Morgan fingerprint density at radius 3 is 2.53 bits per heavy atom. The van der Waals surface area contributed by atoms with Crippen LogP contribution in [-0.2, 0) is 0 Å². The number of anilines is 2. The molecule has 0 radical (unpaired) electrons. The maximum Gasteiger partial charge on any atom is 0.258 e. The van der Waals surface area contributed by atoms with E-state index in [0.29, 0.717) is 5.56 Å². The highest BCUT2D eigenvalue weighted by molar-refractivity contribution is 6.04. The van der Waals surface area contributed by atoms with Crippen molar-refractivity contribution in [2.45, 2.75) is 6.92 Å². The number of carbonyl (C=O) groups excluding carboxylic acids is 1. The molecule has 3 N–H and O–H groups in total. The van der Waals surface area contributed by atoms with Crippen LogP contribution in [-0.4, -0.2) is 5.91 Å². The fraction of sp³-hybridized carbons (Fsp3) is 0.0714. The molecule has 2 aromatic carbocycles. The highest BCUT2D eigenvalue weighted by Gasteiger charge is 2.12. The van der Waals surface area contributed by atoms with Crippen LogP contribution in [0.4, 0.5) is 20.2 Å². The number of hydrogen-bond acceptors (Lipinski definition) is 2. The lowest BCUT2D eigenvalue weighted by Gasteiger charge is -2.07. The van der Waals surface area contributed by atoms with Gasteiger partial charge in [0, 0.05) is 11.4 Å². The zero-order valence-electron chi connectivity index (χ0n) is 10.2. The molecule has 0 saturated carbocycles. The van der Waals surface area contributed by atoms with Gasteiger partial charge in [0.05, 0.1) is 5.56 Å². The molecule has 0 aliphatic heterocycles. The van der Waals surface area contributed by atoms with Crippen molar-refractivity contribution in [2.24, 2.45) is 0 Å². The maximum absolute atomic E-state index is 13.5. The minimum atomic E-state index is -0.717. The molecular weight excluding hydrogens is 250 g/mol. The van der Waals surface area contributed by atoms with E-state index in [2.05, 4.69) is 5.32 Å². The molecule has 0 unspecified atom stereocenters. The molecule has 0 fully saturated rings. The van der Waals surface area contributed by atoms with Crippen molar-refractivity contribution < 1.29 is 13.6 Å². The number of rotatable bonds is 2. The number of halogens is 2. The van der Waals surface area contributed by atoms with E-state index >= 15 is 0 Å². The summed E-state index contributed by atoms with van der Waals surface area (Å²) in [6.45, 7) is 1.70. The normalized spacial score (nSPS) is 10.3. The van der Waals surface area contributed by atoms with Crippen LogP contribution in [0, 0.1) is 18.6 Å². The number of amides is 1. The van der Waals surface area contributed by atoms with E-state index in [1.54, 1.807) is 13.0 Å². The molecule has 19 heavy (non-hydrogen) atoms. The number of hydrogen-bond donors (Lipinski definition) is 2. The number of carbonyl (C=O) groups is 1. The molecule has 5 heteroatoms. The predicted octanol–water partition coefficient (Wildman–Crippen LogP) is 3.11. The zero-order chi connectivity index (χ0) is 14.0. The summed E-state index contributed by atoms with van der Waals surface area (Å²) in [5.74, 6) is -1.83. The lowest BCUT2D eigenvalue weighted by molar-refractivity contribution is 0.102. The van der Waals surface area contributed by atoms with Crippen LogP contribution in [0.25, 0.3) is 0 Å². The Morgan fingerprint density at radius 2 is 1.89 bits per heavy atom. The summed E-state index contributed by atoms with van der Waals surface area (Å²) in [7, 11) is 0. The fourth-order valence-corrected chi connectivity index (χ4v) is 1.72. The van der Waals surface area contributed by atoms with Crippen molar-refractivity contribution in [3.05, 3.63) is 59.2 Å². The highest BCUT2D eigenvalue weighted by Crippen LogP contribution is 2.17. The lowest BCUT2D eigenvalue weighted by Crippen LogP contribution is -2.14. The van der Waals surface area contributed by atoms with Gasteiger partial charge in [-0.2, -0.15) is 0 Å². The van der Waals surface area contributed by atoms with Crippen LogP contribution < -0.4 is 11.1 Å². The summed E-state index contributed by atoms with van der Waals surface area (Å²) in [6.07, 6.45) is 0. The molecule has 0 atom stereocenters. The van der Waals surface area contributed by atoms with Gasteiger partial charge < -0.3 is 11.1 Å². The third-order valence-corrected chi connectivity index (χ3v) is 2.54. The van der Waals surface area contributed by atoms with Crippen molar-refractivity contribution in [2.75, 3.05) is 11.1 Å². The Bertz CT molecular complexity index is 621. The summed E-state index contributed by atoms with van der Waals surface area (Å²) in [4.78, 5) is 11.9. The molecule has 1 amide bonds. The largest absolute Gasteiger partial charge is 0.399 e. The number of nitrogens with one attached hydrogen (secondary N) is 1. The van der Waals surface area contributed by atoms with Gasteiger partial charge in [0.15, 0.2) is 0 Å². The molecule has 0 bridgehead atoms. The van der Waals surface area contributed by atoms with Crippen molar-refractivity contribution >= 4 is 17.3 Å². The molecule has 0 aliphatic carbocycles. The van der Waals surface area contributed by atoms with Crippen LogP contribution in [0.15, 0.2) is 36.4 Å². The average Bonchev–Trinajstić information content (AvgIpc) is 2.26. The van der Waals surface area contributed by atoms with E-state index in [-0.39, 0.29) is 16.9 Å². The molecule has 0 saturated heterocycles. The monoisotopic (exact) mass is 262 g/mol. The minimum Gasteiger partial charge on any atom is -0.399 e. The van der Waals surface area contributed by atoms with Gasteiger partial charge in [-0.05, 0) is 48.9 Å². The van der Waals surface area contributed by atoms with Gasteiger partial charge in [-0.25, -0.2) is 8.78 Å². The van der Waals surface area contributed by atoms with Gasteiger partial charge in [0.2, 0.25) is 0 Å². The first-order valence-corrected chi connectivity index (χ1v) is 5.59. The standard InChI is InChI=1S/C14H12F2N2O/c1-8-4-9(15)6-11(5-8)18-14(19)12-3-2-10(17)7-13(12)16/h2-7H,17H2,1H3,(H,18,19). The van der Waals surface area contributed by atoms with E-state index in [0.717, 1.165) is 6.07 Å². The van der Waals surface area contributed by atoms with Crippen LogP contribution in [0.2, 0.25) is 0 Å². The van der Waals surface area contributed by atoms with Crippen molar-refractivity contribution in [1.82, 2.24) is 0 Å². The SMILES string of the molecule is Cc1cc(F)cc(NC(=O)c2ccc(N)cc2F)c1. The van der Waals surface area contributed by atoms with E-state index in [1.807, 2.05) is 0 Å². The quantitative estimate of drug-likeness (QED) is 0.817. The molecular formula is C14H12F2N2O. The summed E-state index contributed by atoms with van der Waals surface area (Å²) >= 11 is 0. The van der Waals surface area contributed by atoms with Crippen LogP contribution >= 0.6 is 0 Å². The topological polar surface area (TPSA) is 55.1 Å². The summed E-state index contributed by atoms with van der Waals surface area (Å²) in [6, 6.07) is 7.86. The van der Waals surface area contributed by atoms with Gasteiger partial charge >= 0.3 is 0 Å². The molecule has 0 aromatic heterocycles. The summed E-state index contributed by atoms with van der Waals surface area (Å²) in [5, 5.41) is 2.44. The number of nitrogen functional groups attached to an aromatic ring is 1. The van der Waals surface area contributed by atoms with E-state index < -0.39 is 17.5 Å². The second kappa shape index (κ2) is 5.06. The van der Waals surface area contributed by atoms with Crippen LogP contribution in [0.3, 0.4) is 0 Å². The number of nitrogens with two attached hydrogens (primary N) is 1. The summed E-state index contributed by atoms with van der Waals surface area (Å²) < 4.78 is 26.7. The molecule has 0 heterocycles. The molecule has 2 aromatic rings. The van der Waals surface area contributed by atoms with E-state index in [9.17, 15) is 13.6 Å². The first-order chi connectivity index (χ1) is 8.95. The second-order valence-electron chi connectivity index (χ2n) is 4.21. The third kappa shape index (κ3) is 3.07. The Labute approximate surface area is 109 Å². The molecule has 0 spiro atoms. The van der Waals surface area contributed by atoms with Gasteiger partial charge in [0.25, 0.3) is 5.91 Å². The summed E-state index contributed by atoms with van der Waals surface area (Å²) in [5.41, 5.74) is 6.43. The van der Waals surface area contributed by atoms with Crippen LogP contribution in [0.1, 0.15) is 15.9 Å². The van der Waals surface area contributed by atoms with Crippen molar-refractivity contribution in [3.8, 4) is 0 Å². The number of aryl methyl sites for hydroxylation is 1. The van der Waals surface area contributed by atoms with E-state index in [4.69, 9.17) is 5.73 Å². The molecule has 3 nitrogen and oxygen atoms in total. The van der Waals surface area contributed by atoms with Gasteiger partial charge in [-0.15, -0.1) is 0 Å². The fourth-order valence-electron chi connectivity index (χ4n) is 1.72. The van der Waals surface area contributed by atoms with Gasteiger partial charge in [-0.3, -0.25) is 4.79 Å². The van der Waals surface area contributed by atoms with Crippen LogP contribution in [0.5, 0.6) is 0 Å². The maximum atomic E-state index is 13.5. The smallest absolute Gasteiger partial charge is 0.258 e.